The van der Waals surface area contributed by atoms with E-state index >= 15 is 0 Å². The van der Waals surface area contributed by atoms with Crippen LogP contribution in [0.15, 0.2) is 49.7 Å². The third-order valence-corrected chi connectivity index (χ3v) is 5.79. The maximum atomic E-state index is 13.4. The highest BCUT2D eigenvalue weighted by molar-refractivity contribution is 6.09. The van der Waals surface area contributed by atoms with Crippen molar-refractivity contribution in [2.45, 2.75) is 53.4 Å². The number of aliphatic imine (C=N–C) groups is 1. The largest absolute Gasteiger partial charge is 0.466 e. The average molecular weight is 424 g/mol. The first-order valence-electron chi connectivity index (χ1n) is 10.6. The summed E-state index contributed by atoms with van der Waals surface area (Å²) in [6.45, 7) is 9.40. The lowest BCUT2D eigenvalue weighted by atomic mass is 9.72. The smallest absolute Gasteiger partial charge is 0.336 e. The number of Topliss-reactive ketones (excluding diaryl/α,β-unsaturated/α-hetero) is 1. The molecule has 2 atom stereocenters. The van der Waals surface area contributed by atoms with Gasteiger partial charge in [-0.1, -0.05) is 26.0 Å². The van der Waals surface area contributed by atoms with Gasteiger partial charge in [-0.05, 0) is 39.2 Å². The Labute approximate surface area is 182 Å². The van der Waals surface area contributed by atoms with Crippen molar-refractivity contribution >= 4 is 28.4 Å². The number of carbonyl (C=O) groups excluding carboxylic acids is 2. The van der Waals surface area contributed by atoms with Gasteiger partial charge in [-0.2, -0.15) is 0 Å². The minimum atomic E-state index is -0.640. The summed E-state index contributed by atoms with van der Waals surface area (Å²) >= 11 is 0. The average Bonchev–Trinajstić information content (AvgIpc) is 2.70. The van der Waals surface area contributed by atoms with Crippen LogP contribution in [0.25, 0.3) is 11.0 Å². The molecule has 0 saturated carbocycles. The fourth-order valence-electron chi connectivity index (χ4n) is 4.31. The van der Waals surface area contributed by atoms with Gasteiger partial charge in [-0.25, -0.2) is 4.79 Å². The third-order valence-electron chi connectivity index (χ3n) is 5.79. The molecule has 1 aliphatic rings. The van der Waals surface area contributed by atoms with Crippen molar-refractivity contribution in [1.29, 1.82) is 0 Å². The maximum absolute atomic E-state index is 13.4. The topological polar surface area (TPSA) is 85.9 Å². The van der Waals surface area contributed by atoms with E-state index < -0.39 is 17.8 Å². The maximum Gasteiger partial charge on any atom is 0.336 e. The predicted octanol–water partition coefficient (Wildman–Crippen LogP) is 4.73. The highest BCUT2D eigenvalue weighted by atomic mass is 16.5. The van der Waals surface area contributed by atoms with Gasteiger partial charge in [0.15, 0.2) is 5.43 Å². The highest BCUT2D eigenvalue weighted by Crippen LogP contribution is 2.42. The van der Waals surface area contributed by atoms with Crippen LogP contribution in [0.1, 0.15) is 57.8 Å². The first-order chi connectivity index (χ1) is 14.6. The lowest BCUT2D eigenvalue weighted by Gasteiger charge is -2.32. The van der Waals surface area contributed by atoms with Crippen molar-refractivity contribution < 1.29 is 18.7 Å². The van der Waals surface area contributed by atoms with Crippen molar-refractivity contribution in [1.82, 2.24) is 0 Å². The lowest BCUT2D eigenvalue weighted by molar-refractivity contribution is -0.136. The van der Waals surface area contributed by atoms with Gasteiger partial charge in [-0.3, -0.25) is 14.6 Å². The first kappa shape index (κ1) is 22.7. The Balaban J connectivity index is 2.28. The van der Waals surface area contributed by atoms with Crippen LogP contribution >= 0.6 is 0 Å². The van der Waals surface area contributed by atoms with E-state index in [0.29, 0.717) is 51.6 Å². The molecule has 0 aliphatic carbocycles. The van der Waals surface area contributed by atoms with Crippen LogP contribution in [-0.4, -0.2) is 24.6 Å². The van der Waals surface area contributed by atoms with Gasteiger partial charge in [0, 0.05) is 35.4 Å². The fourth-order valence-corrected chi connectivity index (χ4v) is 4.31. The number of nitrogens with zero attached hydrogens (tertiary/aromatic N) is 1. The van der Waals surface area contributed by atoms with E-state index in [1.807, 2.05) is 13.0 Å². The number of aryl methyl sites for hydroxylation is 1. The molecule has 31 heavy (non-hydrogen) atoms. The van der Waals surface area contributed by atoms with E-state index in [1.165, 1.54) is 13.2 Å². The number of hydrogen-bond donors (Lipinski definition) is 0. The van der Waals surface area contributed by atoms with E-state index in [4.69, 9.17) is 9.15 Å². The Morgan fingerprint density at radius 2 is 1.90 bits per heavy atom. The minimum absolute atomic E-state index is 0.0147. The molecule has 2 heterocycles. The van der Waals surface area contributed by atoms with Crippen LogP contribution in [-0.2, 0) is 14.3 Å². The monoisotopic (exact) mass is 423 g/mol. The van der Waals surface area contributed by atoms with Gasteiger partial charge in [0.05, 0.1) is 24.0 Å². The number of esters is 1. The van der Waals surface area contributed by atoms with Crippen LogP contribution in [0.4, 0.5) is 0 Å². The molecule has 1 aliphatic heterocycles. The zero-order valence-corrected chi connectivity index (χ0v) is 18.9. The molecule has 0 radical (unpaired) electrons. The normalized spacial score (nSPS) is 19.0. The van der Waals surface area contributed by atoms with Crippen LogP contribution in [0.2, 0.25) is 0 Å². The first-order valence-corrected chi connectivity index (χ1v) is 10.6. The Hall–Kier alpha value is -3.02. The van der Waals surface area contributed by atoms with Gasteiger partial charge in [0.2, 0.25) is 0 Å². The molecule has 0 N–H and O–H groups in total. The molecular weight excluding hydrogens is 394 g/mol. The summed E-state index contributed by atoms with van der Waals surface area (Å²) in [5, 5.41) is 0.415. The zero-order valence-electron chi connectivity index (χ0n) is 18.9. The third kappa shape index (κ3) is 4.38. The van der Waals surface area contributed by atoms with Crippen molar-refractivity contribution in [3.8, 4) is 0 Å². The van der Waals surface area contributed by atoms with E-state index in [-0.39, 0.29) is 11.2 Å². The number of benzene rings is 1. The number of ketones is 1. The van der Waals surface area contributed by atoms with E-state index in [0.717, 1.165) is 6.42 Å². The molecule has 3 rings (SSSR count). The quantitative estimate of drug-likeness (QED) is 0.627. The summed E-state index contributed by atoms with van der Waals surface area (Å²) in [6.07, 6.45) is 1.13. The number of para-hydroxylation sites is 1. The number of fused-ring (bicyclic) bond motifs is 1. The second kappa shape index (κ2) is 9.00. The molecule has 2 unspecified atom stereocenters. The molecule has 1 aromatic heterocycles. The standard InChI is InChI=1S/C25H29NO5/c1-13(2)10-11-19(27)21-15(4)26-16(5)22(25(29)30-6)23(21)18-9-7-8-17-20(28)12-14(3)31-24(17)18/h7-9,12-13,21,23H,10-11H2,1-6H3. The molecule has 1 aromatic carbocycles. The second-order valence-electron chi connectivity index (χ2n) is 8.54. The summed E-state index contributed by atoms with van der Waals surface area (Å²) in [7, 11) is 1.31. The Bertz CT molecular complexity index is 1150. The molecule has 164 valence electrons. The molecule has 2 aromatic rings. The summed E-state index contributed by atoms with van der Waals surface area (Å²) in [4.78, 5) is 43.3. The molecule has 0 saturated heterocycles. The summed E-state index contributed by atoms with van der Waals surface area (Å²) in [5.74, 6) is -0.951. The summed E-state index contributed by atoms with van der Waals surface area (Å²) in [5.41, 5.74) is 2.33. The Morgan fingerprint density at radius 1 is 1.19 bits per heavy atom. The molecule has 0 spiro atoms. The SMILES string of the molecule is COC(=O)C1=C(C)N=C(C)C(C(=O)CCC(C)C)C1c1cccc2c(=O)cc(C)oc12. The minimum Gasteiger partial charge on any atom is -0.466 e. The molecule has 6 heteroatoms. The molecule has 0 amide bonds. The van der Waals surface area contributed by atoms with Crippen molar-refractivity contribution in [3.63, 3.8) is 0 Å². The zero-order chi connectivity index (χ0) is 22.9. The van der Waals surface area contributed by atoms with Crippen molar-refractivity contribution in [3.05, 3.63) is 57.1 Å². The van der Waals surface area contributed by atoms with Crippen LogP contribution < -0.4 is 5.43 Å². The fraction of sp³-hybridized carbons (Fsp3) is 0.440. The lowest BCUT2D eigenvalue weighted by Crippen LogP contribution is -2.35. The van der Waals surface area contributed by atoms with Gasteiger partial charge < -0.3 is 9.15 Å². The number of carbonyl (C=O) groups is 2. The number of methoxy groups -OCH3 is 1. The predicted molar refractivity (Wildman–Crippen MR) is 120 cm³/mol. The highest BCUT2D eigenvalue weighted by Gasteiger charge is 2.42. The van der Waals surface area contributed by atoms with E-state index in [1.54, 1.807) is 26.0 Å². The second-order valence-corrected chi connectivity index (χ2v) is 8.54. The summed E-state index contributed by atoms with van der Waals surface area (Å²) in [6, 6.07) is 6.70. The number of allylic oxidation sites excluding steroid dienone is 1. The number of hydrogen-bond acceptors (Lipinski definition) is 6. The molecule has 6 nitrogen and oxygen atoms in total. The summed E-state index contributed by atoms with van der Waals surface area (Å²) < 4.78 is 11.0. The van der Waals surface area contributed by atoms with Crippen LogP contribution in [0, 0.1) is 18.8 Å². The van der Waals surface area contributed by atoms with Gasteiger partial charge in [0.1, 0.15) is 17.1 Å². The van der Waals surface area contributed by atoms with Crippen LogP contribution in [0.5, 0.6) is 0 Å². The van der Waals surface area contributed by atoms with Gasteiger partial charge in [0.25, 0.3) is 0 Å². The molecular formula is C25H29NO5. The van der Waals surface area contributed by atoms with E-state index in [2.05, 4.69) is 18.8 Å². The Morgan fingerprint density at radius 3 is 2.55 bits per heavy atom. The Kier molecular flexibility index (Phi) is 6.58. The van der Waals surface area contributed by atoms with Gasteiger partial charge >= 0.3 is 5.97 Å². The molecule has 0 fully saturated rings. The number of rotatable bonds is 6. The number of ether oxygens (including phenoxy) is 1. The van der Waals surface area contributed by atoms with E-state index in [9.17, 15) is 14.4 Å². The molecule has 0 bridgehead atoms. The van der Waals surface area contributed by atoms with Crippen molar-refractivity contribution in [2.24, 2.45) is 16.8 Å². The van der Waals surface area contributed by atoms with Crippen LogP contribution in [0.3, 0.4) is 0 Å². The van der Waals surface area contributed by atoms with Gasteiger partial charge in [-0.15, -0.1) is 0 Å². The van der Waals surface area contributed by atoms with Crippen molar-refractivity contribution in [2.75, 3.05) is 7.11 Å².